The van der Waals surface area contributed by atoms with Gasteiger partial charge in [0, 0.05) is 25.4 Å². The van der Waals surface area contributed by atoms with E-state index in [-0.39, 0.29) is 17.2 Å². The summed E-state index contributed by atoms with van der Waals surface area (Å²) < 4.78 is 27.9. The highest BCUT2D eigenvalue weighted by Crippen LogP contribution is 2.15. The minimum atomic E-state index is -3.62. The lowest BCUT2D eigenvalue weighted by Crippen LogP contribution is -2.22. The maximum Gasteiger partial charge on any atom is 0.241 e. The number of hydrogen-bond acceptors (Lipinski definition) is 4. The molecule has 0 atom stereocenters. The Morgan fingerprint density at radius 3 is 2.83 bits per heavy atom. The summed E-state index contributed by atoms with van der Waals surface area (Å²) >= 11 is 0. The first-order valence-corrected chi connectivity index (χ1v) is 6.72. The standard InChI is InChI=1S/C11H13N3O3S/c1-14-8-9(6-12-14)7-13-18(16,17)11-4-2-3-10(15)5-11/h2-6,8,13,15H,7H2,1H3. The number of sulfonamides is 1. The van der Waals surface area contributed by atoms with E-state index >= 15 is 0 Å². The summed E-state index contributed by atoms with van der Waals surface area (Å²) in [6.45, 7) is 0.159. The van der Waals surface area contributed by atoms with Gasteiger partial charge in [-0.25, -0.2) is 13.1 Å². The number of phenolic OH excluding ortho intramolecular Hbond substituents is 1. The maximum absolute atomic E-state index is 11.9. The first-order chi connectivity index (χ1) is 8.47. The van der Waals surface area contributed by atoms with Gasteiger partial charge in [-0.15, -0.1) is 0 Å². The van der Waals surface area contributed by atoms with E-state index in [4.69, 9.17) is 0 Å². The van der Waals surface area contributed by atoms with Crippen LogP contribution in [-0.2, 0) is 23.6 Å². The van der Waals surface area contributed by atoms with Crippen LogP contribution >= 0.6 is 0 Å². The third kappa shape index (κ3) is 2.88. The largest absolute Gasteiger partial charge is 0.508 e. The molecule has 2 N–H and O–H groups in total. The highest BCUT2D eigenvalue weighted by molar-refractivity contribution is 7.89. The summed E-state index contributed by atoms with van der Waals surface area (Å²) in [7, 11) is -1.86. The molecule has 1 heterocycles. The Kier molecular flexibility index (Phi) is 3.35. The van der Waals surface area contributed by atoms with Gasteiger partial charge in [0.15, 0.2) is 0 Å². The smallest absolute Gasteiger partial charge is 0.241 e. The van der Waals surface area contributed by atoms with E-state index in [1.54, 1.807) is 24.1 Å². The average molecular weight is 267 g/mol. The lowest BCUT2D eigenvalue weighted by Gasteiger charge is -2.05. The fourth-order valence-corrected chi connectivity index (χ4v) is 2.53. The number of aromatic hydroxyl groups is 1. The van der Waals surface area contributed by atoms with Crippen LogP contribution < -0.4 is 4.72 Å². The zero-order valence-corrected chi connectivity index (χ0v) is 10.6. The second-order valence-corrected chi connectivity index (χ2v) is 5.61. The highest BCUT2D eigenvalue weighted by atomic mass is 32.2. The van der Waals surface area contributed by atoms with E-state index in [0.717, 1.165) is 5.56 Å². The van der Waals surface area contributed by atoms with Crippen molar-refractivity contribution in [2.24, 2.45) is 7.05 Å². The molecule has 1 aromatic heterocycles. The molecule has 2 aromatic rings. The first-order valence-electron chi connectivity index (χ1n) is 5.23. The van der Waals surface area contributed by atoms with Crippen molar-refractivity contribution in [3.8, 4) is 5.75 Å². The van der Waals surface area contributed by atoms with Crippen molar-refractivity contribution in [2.75, 3.05) is 0 Å². The van der Waals surface area contributed by atoms with Crippen LogP contribution in [0.5, 0.6) is 5.75 Å². The number of aryl methyl sites for hydroxylation is 1. The van der Waals surface area contributed by atoms with Crippen LogP contribution in [-0.4, -0.2) is 23.3 Å². The number of hydrogen-bond donors (Lipinski definition) is 2. The molecule has 0 aliphatic rings. The van der Waals surface area contributed by atoms with Crippen molar-refractivity contribution in [3.05, 3.63) is 42.2 Å². The summed E-state index contributed by atoms with van der Waals surface area (Å²) in [4.78, 5) is 0.0337. The fourth-order valence-electron chi connectivity index (χ4n) is 1.48. The molecule has 0 saturated heterocycles. The number of nitrogens with zero attached hydrogens (tertiary/aromatic N) is 2. The molecule has 0 aliphatic heterocycles. The predicted octanol–water partition coefficient (Wildman–Crippen LogP) is 0.604. The normalized spacial score (nSPS) is 11.6. The van der Waals surface area contributed by atoms with Crippen LogP contribution in [0.1, 0.15) is 5.56 Å². The number of aromatic nitrogens is 2. The van der Waals surface area contributed by atoms with E-state index in [1.165, 1.54) is 24.3 Å². The van der Waals surface area contributed by atoms with E-state index in [0.29, 0.717) is 0 Å². The van der Waals surface area contributed by atoms with Gasteiger partial charge < -0.3 is 5.11 Å². The number of nitrogens with one attached hydrogen (secondary N) is 1. The van der Waals surface area contributed by atoms with Gasteiger partial charge in [0.05, 0.1) is 11.1 Å². The topological polar surface area (TPSA) is 84.2 Å². The molecule has 2 rings (SSSR count). The van der Waals surface area contributed by atoms with Crippen molar-refractivity contribution < 1.29 is 13.5 Å². The van der Waals surface area contributed by atoms with Crippen LogP contribution in [0.15, 0.2) is 41.6 Å². The Bertz CT molecular complexity index is 649. The van der Waals surface area contributed by atoms with Gasteiger partial charge >= 0.3 is 0 Å². The lowest BCUT2D eigenvalue weighted by molar-refractivity contribution is 0.473. The summed E-state index contributed by atoms with van der Waals surface area (Å²) in [5.41, 5.74) is 0.765. The van der Waals surface area contributed by atoms with Crippen molar-refractivity contribution >= 4 is 10.0 Å². The van der Waals surface area contributed by atoms with Gasteiger partial charge in [-0.1, -0.05) is 6.07 Å². The van der Waals surface area contributed by atoms with Crippen LogP contribution in [0.4, 0.5) is 0 Å². The summed E-state index contributed by atoms with van der Waals surface area (Å²) in [6.07, 6.45) is 3.32. The van der Waals surface area contributed by atoms with Crippen LogP contribution in [0.2, 0.25) is 0 Å². The molecule has 0 saturated carbocycles. The third-order valence-electron chi connectivity index (χ3n) is 2.35. The third-order valence-corrected chi connectivity index (χ3v) is 3.75. The van der Waals surface area contributed by atoms with Crippen LogP contribution in [0.25, 0.3) is 0 Å². The average Bonchev–Trinajstić information content (AvgIpc) is 2.73. The molecule has 6 nitrogen and oxygen atoms in total. The van der Waals surface area contributed by atoms with E-state index in [9.17, 15) is 13.5 Å². The minimum absolute atomic E-state index is 0.0337. The van der Waals surface area contributed by atoms with Crippen molar-refractivity contribution in [1.82, 2.24) is 14.5 Å². The number of rotatable bonds is 4. The van der Waals surface area contributed by atoms with Crippen molar-refractivity contribution in [3.63, 3.8) is 0 Å². The Balaban J connectivity index is 2.13. The van der Waals surface area contributed by atoms with Gasteiger partial charge in [0.1, 0.15) is 5.75 Å². The molecule has 0 aliphatic carbocycles. The van der Waals surface area contributed by atoms with E-state index in [1.807, 2.05) is 0 Å². The van der Waals surface area contributed by atoms with Gasteiger partial charge in [0.2, 0.25) is 10.0 Å². The number of phenols is 1. The molecule has 0 fully saturated rings. The fraction of sp³-hybridized carbons (Fsp3) is 0.182. The maximum atomic E-state index is 11.9. The number of benzene rings is 1. The SMILES string of the molecule is Cn1cc(CNS(=O)(=O)c2cccc(O)c2)cn1. The first kappa shape index (κ1) is 12.6. The Morgan fingerprint density at radius 1 is 1.44 bits per heavy atom. The van der Waals surface area contributed by atoms with Gasteiger partial charge in [-0.2, -0.15) is 5.10 Å². The van der Waals surface area contributed by atoms with Crippen molar-refractivity contribution in [1.29, 1.82) is 0 Å². The molecule has 96 valence electrons. The molecule has 0 unspecified atom stereocenters. The lowest BCUT2D eigenvalue weighted by atomic mass is 10.3. The van der Waals surface area contributed by atoms with E-state index in [2.05, 4.69) is 9.82 Å². The molecule has 7 heteroatoms. The Labute approximate surface area is 105 Å². The monoisotopic (exact) mass is 267 g/mol. The predicted molar refractivity (Wildman–Crippen MR) is 65.3 cm³/mol. The second kappa shape index (κ2) is 4.79. The molecule has 0 amide bonds. The van der Waals surface area contributed by atoms with E-state index < -0.39 is 10.0 Å². The zero-order valence-electron chi connectivity index (χ0n) is 9.74. The Morgan fingerprint density at radius 2 is 2.22 bits per heavy atom. The molecule has 0 radical (unpaired) electrons. The summed E-state index contributed by atoms with van der Waals surface area (Å²) in [5, 5.41) is 13.2. The van der Waals surface area contributed by atoms with Gasteiger partial charge in [-0.3, -0.25) is 4.68 Å². The zero-order chi connectivity index (χ0) is 13.2. The van der Waals surface area contributed by atoms with Crippen molar-refractivity contribution in [2.45, 2.75) is 11.4 Å². The second-order valence-electron chi connectivity index (χ2n) is 3.84. The van der Waals surface area contributed by atoms with Crippen LogP contribution in [0, 0.1) is 0 Å². The highest BCUT2D eigenvalue weighted by Gasteiger charge is 2.14. The molecular formula is C11H13N3O3S. The van der Waals surface area contributed by atoms with Gasteiger partial charge in [-0.05, 0) is 18.2 Å². The summed E-state index contributed by atoms with van der Waals surface area (Å²) in [6, 6.07) is 5.52. The molecule has 0 bridgehead atoms. The van der Waals surface area contributed by atoms with Crippen LogP contribution in [0.3, 0.4) is 0 Å². The molecule has 1 aromatic carbocycles. The minimum Gasteiger partial charge on any atom is -0.508 e. The quantitative estimate of drug-likeness (QED) is 0.849. The molecular weight excluding hydrogens is 254 g/mol. The Hall–Kier alpha value is -1.86. The summed E-state index contributed by atoms with van der Waals surface area (Å²) in [5.74, 6) is -0.0840. The molecule has 0 spiro atoms. The van der Waals surface area contributed by atoms with Gasteiger partial charge in [0.25, 0.3) is 0 Å². The molecule has 18 heavy (non-hydrogen) atoms.